The zero-order valence-electron chi connectivity index (χ0n) is 18.4. The summed E-state index contributed by atoms with van der Waals surface area (Å²) in [6, 6.07) is 22.7. The first kappa shape index (κ1) is 19.9. The number of benzene rings is 2. The Hall–Kier alpha value is -4.71. The summed E-state index contributed by atoms with van der Waals surface area (Å²) in [7, 11) is 0. The lowest BCUT2D eigenvalue weighted by molar-refractivity contribution is 1.12. The Kier molecular flexibility index (Phi) is 4.88. The molecule has 0 saturated heterocycles. The fourth-order valence-electron chi connectivity index (χ4n) is 4.26. The summed E-state index contributed by atoms with van der Waals surface area (Å²) >= 11 is 0. The molecule has 0 aliphatic heterocycles. The molecule has 0 atom stereocenters. The number of aromatic nitrogens is 5. The number of anilines is 1. The fourth-order valence-corrected chi connectivity index (χ4v) is 4.26. The number of rotatable bonds is 6. The molecule has 2 aromatic carbocycles. The lowest BCUT2D eigenvalue weighted by Gasteiger charge is -2.11. The van der Waals surface area contributed by atoms with Crippen molar-refractivity contribution in [1.29, 1.82) is 0 Å². The lowest BCUT2D eigenvalue weighted by Crippen LogP contribution is -2.02. The molecule has 0 unspecified atom stereocenters. The highest BCUT2D eigenvalue weighted by Gasteiger charge is 2.13. The van der Waals surface area contributed by atoms with E-state index in [0.717, 1.165) is 62.1 Å². The van der Waals surface area contributed by atoms with E-state index >= 15 is 0 Å². The smallest absolute Gasteiger partial charge is 0.116 e. The van der Waals surface area contributed by atoms with E-state index in [9.17, 15) is 0 Å². The molecule has 0 amide bonds. The molecule has 0 bridgehead atoms. The topological polar surface area (TPSA) is 82.3 Å². The van der Waals surface area contributed by atoms with Crippen LogP contribution in [0, 0.1) is 0 Å². The molecule has 164 valence electrons. The number of nitrogens with zero attached hydrogens (tertiary/aromatic N) is 3. The SMILES string of the molecule is C=C(Cc1ccccc1)Nc1cncc(-c2ccc3[nH]nc(-c4cc5cnccc5[nH]4)c3c2)c1. The number of H-pyrrole nitrogens is 2. The zero-order valence-corrected chi connectivity index (χ0v) is 18.4. The van der Waals surface area contributed by atoms with Gasteiger partial charge in [-0.3, -0.25) is 15.1 Å². The summed E-state index contributed by atoms with van der Waals surface area (Å²) in [6.45, 7) is 4.19. The van der Waals surface area contributed by atoms with Crippen LogP contribution in [0.3, 0.4) is 0 Å². The van der Waals surface area contributed by atoms with Gasteiger partial charge < -0.3 is 10.3 Å². The summed E-state index contributed by atoms with van der Waals surface area (Å²) < 4.78 is 0. The van der Waals surface area contributed by atoms with Crippen molar-refractivity contribution in [2.24, 2.45) is 0 Å². The van der Waals surface area contributed by atoms with Gasteiger partial charge in [-0.1, -0.05) is 43.0 Å². The van der Waals surface area contributed by atoms with Crippen LogP contribution in [-0.2, 0) is 6.42 Å². The van der Waals surface area contributed by atoms with Gasteiger partial charge in [0.15, 0.2) is 0 Å². The van der Waals surface area contributed by atoms with E-state index in [-0.39, 0.29) is 0 Å². The molecule has 6 heteroatoms. The van der Waals surface area contributed by atoms with Crippen LogP contribution in [0.2, 0.25) is 0 Å². The van der Waals surface area contributed by atoms with Crippen molar-refractivity contribution >= 4 is 27.5 Å². The van der Waals surface area contributed by atoms with E-state index in [1.165, 1.54) is 5.56 Å². The van der Waals surface area contributed by atoms with Gasteiger partial charge in [0.2, 0.25) is 0 Å². The maximum Gasteiger partial charge on any atom is 0.116 e. The molecule has 4 heterocycles. The van der Waals surface area contributed by atoms with Gasteiger partial charge in [-0.2, -0.15) is 5.10 Å². The summed E-state index contributed by atoms with van der Waals surface area (Å²) in [4.78, 5) is 12.1. The third-order valence-corrected chi connectivity index (χ3v) is 5.89. The molecule has 0 aliphatic carbocycles. The summed E-state index contributed by atoms with van der Waals surface area (Å²) in [5, 5.41) is 13.2. The second kappa shape index (κ2) is 8.33. The standard InChI is InChI=1S/C28H22N6/c1-18(11-19-5-3-2-4-6-19)31-23-12-21(15-30-17-23)20-7-8-26-24(13-20)28(34-33-26)27-14-22-16-29-10-9-25(22)32-27/h2-10,12-17,31-32H,1,11H2,(H,33,34). The Labute approximate surface area is 196 Å². The van der Waals surface area contributed by atoms with Gasteiger partial charge in [0.1, 0.15) is 5.69 Å². The average molecular weight is 443 g/mol. The fraction of sp³-hybridized carbons (Fsp3) is 0.0357. The lowest BCUT2D eigenvalue weighted by atomic mass is 10.0. The number of allylic oxidation sites excluding steroid dienone is 1. The zero-order chi connectivity index (χ0) is 22.9. The van der Waals surface area contributed by atoms with Crippen LogP contribution in [0.25, 0.3) is 44.3 Å². The number of nitrogens with one attached hydrogen (secondary N) is 3. The molecular formula is C28H22N6. The molecule has 3 N–H and O–H groups in total. The van der Waals surface area contributed by atoms with Crippen LogP contribution in [0.4, 0.5) is 5.69 Å². The van der Waals surface area contributed by atoms with Crippen molar-refractivity contribution in [2.45, 2.75) is 6.42 Å². The third kappa shape index (κ3) is 3.82. The van der Waals surface area contributed by atoms with Gasteiger partial charge in [0.05, 0.1) is 23.1 Å². The van der Waals surface area contributed by atoms with Gasteiger partial charge >= 0.3 is 0 Å². The highest BCUT2D eigenvalue weighted by atomic mass is 15.1. The Balaban J connectivity index is 1.30. The molecule has 0 aliphatic rings. The van der Waals surface area contributed by atoms with E-state index in [4.69, 9.17) is 0 Å². The number of aromatic amines is 2. The first-order valence-electron chi connectivity index (χ1n) is 11.1. The number of hydrogen-bond acceptors (Lipinski definition) is 4. The normalized spacial score (nSPS) is 11.2. The summed E-state index contributed by atoms with van der Waals surface area (Å²) in [5.74, 6) is 0. The van der Waals surface area contributed by atoms with Gasteiger partial charge in [-0.05, 0) is 41.5 Å². The molecule has 34 heavy (non-hydrogen) atoms. The Bertz CT molecular complexity index is 1590. The quantitative estimate of drug-likeness (QED) is 0.281. The first-order chi connectivity index (χ1) is 16.7. The molecule has 6 rings (SSSR count). The van der Waals surface area contributed by atoms with Crippen molar-refractivity contribution in [2.75, 3.05) is 5.32 Å². The van der Waals surface area contributed by atoms with Crippen molar-refractivity contribution in [1.82, 2.24) is 25.1 Å². The molecule has 0 radical (unpaired) electrons. The van der Waals surface area contributed by atoms with Crippen LogP contribution >= 0.6 is 0 Å². The second-order valence-corrected chi connectivity index (χ2v) is 8.33. The second-order valence-electron chi connectivity index (χ2n) is 8.33. The van der Waals surface area contributed by atoms with Crippen LogP contribution < -0.4 is 5.32 Å². The third-order valence-electron chi connectivity index (χ3n) is 5.89. The van der Waals surface area contributed by atoms with Crippen molar-refractivity contribution < 1.29 is 0 Å². The predicted octanol–water partition coefficient (Wildman–Crippen LogP) is 6.34. The monoisotopic (exact) mass is 442 g/mol. The van der Waals surface area contributed by atoms with Crippen molar-refractivity contribution in [3.63, 3.8) is 0 Å². The van der Waals surface area contributed by atoms with Gasteiger partial charge in [0, 0.05) is 52.6 Å². The molecule has 0 saturated carbocycles. The molecular weight excluding hydrogens is 420 g/mol. The maximum absolute atomic E-state index is 4.58. The summed E-state index contributed by atoms with van der Waals surface area (Å²) in [6.07, 6.45) is 8.09. The Morgan fingerprint density at radius 2 is 1.76 bits per heavy atom. The van der Waals surface area contributed by atoms with Crippen LogP contribution in [0.5, 0.6) is 0 Å². The van der Waals surface area contributed by atoms with Crippen molar-refractivity contribution in [3.8, 4) is 22.5 Å². The molecule has 0 fully saturated rings. The van der Waals surface area contributed by atoms with E-state index in [1.54, 1.807) is 6.20 Å². The van der Waals surface area contributed by atoms with E-state index in [1.807, 2.05) is 42.9 Å². The predicted molar refractivity (Wildman–Crippen MR) is 137 cm³/mol. The van der Waals surface area contributed by atoms with Gasteiger partial charge in [0.25, 0.3) is 0 Å². The highest BCUT2D eigenvalue weighted by Crippen LogP contribution is 2.32. The van der Waals surface area contributed by atoms with Crippen LogP contribution in [0.1, 0.15) is 5.56 Å². The molecule has 0 spiro atoms. The highest BCUT2D eigenvalue weighted by molar-refractivity contribution is 5.97. The van der Waals surface area contributed by atoms with E-state index in [2.05, 4.69) is 79.5 Å². The van der Waals surface area contributed by atoms with Gasteiger partial charge in [-0.15, -0.1) is 0 Å². The molecule has 4 aromatic heterocycles. The Morgan fingerprint density at radius 1 is 0.853 bits per heavy atom. The number of hydrogen-bond donors (Lipinski definition) is 3. The van der Waals surface area contributed by atoms with E-state index < -0.39 is 0 Å². The molecule has 6 aromatic rings. The summed E-state index contributed by atoms with van der Waals surface area (Å²) in [5.41, 5.74) is 8.99. The molecule has 6 nitrogen and oxygen atoms in total. The van der Waals surface area contributed by atoms with Gasteiger partial charge in [-0.25, -0.2) is 0 Å². The van der Waals surface area contributed by atoms with Crippen LogP contribution in [-0.4, -0.2) is 25.1 Å². The van der Waals surface area contributed by atoms with E-state index in [0.29, 0.717) is 0 Å². The first-order valence-corrected chi connectivity index (χ1v) is 11.1. The average Bonchev–Trinajstić information content (AvgIpc) is 3.48. The van der Waals surface area contributed by atoms with Crippen molar-refractivity contribution in [3.05, 3.63) is 109 Å². The van der Waals surface area contributed by atoms with Crippen LogP contribution in [0.15, 0.2) is 104 Å². The maximum atomic E-state index is 4.58. The largest absolute Gasteiger partial charge is 0.358 e. The minimum absolute atomic E-state index is 0.759. The number of pyridine rings is 2. The minimum atomic E-state index is 0.759. The Morgan fingerprint density at radius 3 is 2.65 bits per heavy atom. The number of fused-ring (bicyclic) bond motifs is 2. The minimum Gasteiger partial charge on any atom is -0.358 e.